The summed E-state index contributed by atoms with van der Waals surface area (Å²) < 4.78 is 0. The number of aliphatic hydroxyl groups is 2. The average Bonchev–Trinajstić information content (AvgIpc) is 3.27. The number of rotatable bonds is 7. The summed E-state index contributed by atoms with van der Waals surface area (Å²) in [6.45, 7) is 1.86. The molecule has 0 radical (unpaired) electrons. The van der Waals surface area contributed by atoms with Crippen molar-refractivity contribution < 1.29 is 10.2 Å². The molecule has 0 heterocycles. The van der Waals surface area contributed by atoms with E-state index in [1.807, 2.05) is 31.2 Å². The second kappa shape index (κ2) is 6.23. The van der Waals surface area contributed by atoms with Crippen LogP contribution in [-0.4, -0.2) is 29.0 Å². The number of benzene rings is 1. The molecule has 0 aromatic heterocycles. The molecule has 19 heavy (non-hydrogen) atoms. The van der Waals surface area contributed by atoms with Crippen LogP contribution in [0.25, 0.3) is 0 Å². The molecule has 1 atom stereocenters. The lowest BCUT2D eigenvalue weighted by atomic mass is 9.93. The lowest BCUT2D eigenvalue weighted by Crippen LogP contribution is -2.53. The van der Waals surface area contributed by atoms with Crippen LogP contribution in [0.1, 0.15) is 37.8 Å². The van der Waals surface area contributed by atoms with Crippen LogP contribution in [0.15, 0.2) is 24.3 Å². The van der Waals surface area contributed by atoms with Crippen LogP contribution in [0.2, 0.25) is 5.02 Å². The molecule has 1 fully saturated rings. The van der Waals surface area contributed by atoms with Gasteiger partial charge in [-0.05, 0) is 42.9 Å². The standard InChI is InChI=1S/C15H22ClNO2/c1-2-15(9-18,10-19)17-14(11-3-4-11)12-5-7-13(16)8-6-12/h5-8,11,14,17-19H,2-4,9-10H2,1H3. The summed E-state index contributed by atoms with van der Waals surface area (Å²) in [4.78, 5) is 0. The molecule has 3 nitrogen and oxygen atoms in total. The maximum Gasteiger partial charge on any atom is 0.0650 e. The van der Waals surface area contributed by atoms with Gasteiger partial charge in [0.05, 0.1) is 18.8 Å². The van der Waals surface area contributed by atoms with Gasteiger partial charge in [0.2, 0.25) is 0 Å². The van der Waals surface area contributed by atoms with Gasteiger partial charge in [0.1, 0.15) is 0 Å². The fourth-order valence-electron chi connectivity index (χ4n) is 2.37. The molecular formula is C15H22ClNO2. The smallest absolute Gasteiger partial charge is 0.0650 e. The second-order valence-electron chi connectivity index (χ2n) is 5.46. The molecule has 1 aromatic rings. The van der Waals surface area contributed by atoms with E-state index in [1.165, 1.54) is 18.4 Å². The van der Waals surface area contributed by atoms with Crippen molar-refractivity contribution in [3.63, 3.8) is 0 Å². The first-order valence-electron chi connectivity index (χ1n) is 6.89. The molecule has 106 valence electrons. The van der Waals surface area contributed by atoms with Gasteiger partial charge in [-0.3, -0.25) is 0 Å². The second-order valence-corrected chi connectivity index (χ2v) is 5.90. The Morgan fingerprint density at radius 3 is 2.26 bits per heavy atom. The van der Waals surface area contributed by atoms with E-state index in [0.29, 0.717) is 12.3 Å². The molecule has 3 N–H and O–H groups in total. The quantitative estimate of drug-likeness (QED) is 0.721. The lowest BCUT2D eigenvalue weighted by Gasteiger charge is -2.35. The highest BCUT2D eigenvalue weighted by atomic mass is 35.5. The Bertz CT molecular complexity index is 391. The Hall–Kier alpha value is -0.610. The van der Waals surface area contributed by atoms with E-state index in [0.717, 1.165) is 5.02 Å². The van der Waals surface area contributed by atoms with Crippen molar-refractivity contribution in [2.75, 3.05) is 13.2 Å². The van der Waals surface area contributed by atoms with Crippen LogP contribution in [0.3, 0.4) is 0 Å². The van der Waals surface area contributed by atoms with Crippen LogP contribution in [-0.2, 0) is 0 Å². The Kier molecular flexibility index (Phi) is 4.85. The minimum atomic E-state index is -0.604. The van der Waals surface area contributed by atoms with Crippen molar-refractivity contribution in [3.8, 4) is 0 Å². The summed E-state index contributed by atoms with van der Waals surface area (Å²) in [7, 11) is 0. The zero-order valence-electron chi connectivity index (χ0n) is 11.3. The van der Waals surface area contributed by atoms with E-state index < -0.39 is 5.54 Å². The molecule has 1 aromatic carbocycles. The van der Waals surface area contributed by atoms with Crippen LogP contribution in [0.5, 0.6) is 0 Å². The number of aliphatic hydroxyl groups excluding tert-OH is 2. The molecule has 1 unspecified atom stereocenters. The van der Waals surface area contributed by atoms with Gasteiger partial charge in [-0.1, -0.05) is 30.7 Å². The minimum absolute atomic E-state index is 0.0587. The fraction of sp³-hybridized carbons (Fsp3) is 0.600. The van der Waals surface area contributed by atoms with Crippen molar-refractivity contribution in [2.45, 2.75) is 37.8 Å². The van der Waals surface area contributed by atoms with Gasteiger partial charge in [-0.25, -0.2) is 0 Å². The lowest BCUT2D eigenvalue weighted by molar-refractivity contribution is 0.0746. The molecule has 0 aliphatic heterocycles. The minimum Gasteiger partial charge on any atom is -0.394 e. The molecular weight excluding hydrogens is 262 g/mol. The predicted molar refractivity (Wildman–Crippen MR) is 77.2 cm³/mol. The molecule has 2 rings (SSSR count). The summed E-state index contributed by atoms with van der Waals surface area (Å²) in [5, 5.41) is 23.3. The van der Waals surface area contributed by atoms with E-state index in [4.69, 9.17) is 11.6 Å². The van der Waals surface area contributed by atoms with E-state index >= 15 is 0 Å². The maximum absolute atomic E-state index is 9.58. The number of nitrogens with one attached hydrogen (secondary N) is 1. The number of hydrogen-bond donors (Lipinski definition) is 3. The largest absolute Gasteiger partial charge is 0.394 e. The third-order valence-corrected chi connectivity index (χ3v) is 4.32. The van der Waals surface area contributed by atoms with Crippen molar-refractivity contribution in [1.82, 2.24) is 5.32 Å². The van der Waals surface area contributed by atoms with Crippen LogP contribution < -0.4 is 5.32 Å². The van der Waals surface area contributed by atoms with E-state index in [-0.39, 0.29) is 19.3 Å². The summed E-state index contributed by atoms with van der Waals surface area (Å²) in [6.07, 6.45) is 3.07. The van der Waals surface area contributed by atoms with Gasteiger partial charge < -0.3 is 15.5 Å². The molecule has 1 saturated carbocycles. The van der Waals surface area contributed by atoms with E-state index in [9.17, 15) is 10.2 Å². The topological polar surface area (TPSA) is 52.5 Å². The van der Waals surface area contributed by atoms with Gasteiger partial charge in [0, 0.05) is 11.1 Å². The summed E-state index contributed by atoms with van der Waals surface area (Å²) in [5.41, 5.74) is 0.569. The molecule has 0 bridgehead atoms. The summed E-state index contributed by atoms with van der Waals surface area (Å²) >= 11 is 5.93. The highest BCUT2D eigenvalue weighted by Gasteiger charge is 2.38. The predicted octanol–water partition coefficient (Wildman–Crippen LogP) is 2.51. The van der Waals surface area contributed by atoms with E-state index in [2.05, 4.69) is 5.32 Å². The molecule has 1 aliphatic carbocycles. The third kappa shape index (κ3) is 3.48. The number of halogens is 1. The molecule has 0 saturated heterocycles. The van der Waals surface area contributed by atoms with Crippen LogP contribution in [0, 0.1) is 5.92 Å². The Balaban J connectivity index is 2.18. The van der Waals surface area contributed by atoms with Gasteiger partial charge in [-0.15, -0.1) is 0 Å². The van der Waals surface area contributed by atoms with Crippen molar-refractivity contribution in [2.24, 2.45) is 5.92 Å². The van der Waals surface area contributed by atoms with Gasteiger partial charge in [0.25, 0.3) is 0 Å². The summed E-state index contributed by atoms with van der Waals surface area (Å²) in [5.74, 6) is 0.588. The molecule has 0 spiro atoms. The normalized spacial score (nSPS) is 17.5. The zero-order valence-corrected chi connectivity index (χ0v) is 12.0. The monoisotopic (exact) mass is 283 g/mol. The highest BCUT2D eigenvalue weighted by molar-refractivity contribution is 6.30. The highest BCUT2D eigenvalue weighted by Crippen LogP contribution is 2.42. The third-order valence-electron chi connectivity index (χ3n) is 4.07. The Labute approximate surface area is 119 Å². The fourth-order valence-corrected chi connectivity index (χ4v) is 2.50. The van der Waals surface area contributed by atoms with Gasteiger partial charge in [-0.2, -0.15) is 0 Å². The Morgan fingerprint density at radius 1 is 1.26 bits per heavy atom. The average molecular weight is 284 g/mol. The zero-order chi connectivity index (χ0) is 13.9. The Morgan fingerprint density at radius 2 is 1.84 bits per heavy atom. The SMILES string of the molecule is CCC(CO)(CO)NC(c1ccc(Cl)cc1)C1CC1. The van der Waals surface area contributed by atoms with E-state index in [1.54, 1.807) is 0 Å². The van der Waals surface area contributed by atoms with Crippen molar-refractivity contribution in [3.05, 3.63) is 34.9 Å². The first-order chi connectivity index (χ1) is 9.14. The molecule has 4 heteroatoms. The van der Waals surface area contributed by atoms with Crippen molar-refractivity contribution in [1.29, 1.82) is 0 Å². The van der Waals surface area contributed by atoms with Crippen LogP contribution in [0.4, 0.5) is 0 Å². The van der Waals surface area contributed by atoms with Gasteiger partial charge in [0.15, 0.2) is 0 Å². The maximum atomic E-state index is 9.58. The first kappa shape index (κ1) is 14.8. The van der Waals surface area contributed by atoms with Crippen molar-refractivity contribution >= 4 is 11.6 Å². The number of hydrogen-bond acceptors (Lipinski definition) is 3. The first-order valence-corrected chi connectivity index (χ1v) is 7.27. The molecule has 0 amide bonds. The molecule has 1 aliphatic rings. The van der Waals surface area contributed by atoms with Crippen LogP contribution >= 0.6 is 11.6 Å². The van der Waals surface area contributed by atoms with Gasteiger partial charge >= 0.3 is 0 Å². The summed E-state index contributed by atoms with van der Waals surface area (Å²) in [6, 6.07) is 8.00.